The Kier molecular flexibility index (Phi) is 5.10. The van der Waals surface area contributed by atoms with E-state index in [1.54, 1.807) is 13.8 Å². The lowest BCUT2D eigenvalue weighted by Gasteiger charge is -2.23. The zero-order chi connectivity index (χ0) is 18.9. The molecule has 2 fully saturated rings. The van der Waals surface area contributed by atoms with Crippen LogP contribution in [-0.4, -0.2) is 55.2 Å². The first kappa shape index (κ1) is 18.5. The van der Waals surface area contributed by atoms with Crippen molar-refractivity contribution in [2.45, 2.75) is 44.2 Å². The smallest absolute Gasteiger partial charge is 0.431 e. The molecule has 0 N–H and O–H groups in total. The van der Waals surface area contributed by atoms with Gasteiger partial charge in [-0.25, -0.2) is 4.79 Å². The molecule has 26 heavy (non-hydrogen) atoms. The van der Waals surface area contributed by atoms with Crippen LogP contribution < -0.4 is 4.74 Å². The molecule has 1 aromatic carbocycles. The molecule has 0 aliphatic carbocycles. The summed E-state index contributed by atoms with van der Waals surface area (Å²) in [7, 11) is 1.49. The molecule has 0 amide bonds. The third-order valence-electron chi connectivity index (χ3n) is 3.95. The number of nitro groups is 1. The molecular formula is C16H19NO9. The largest absolute Gasteiger partial charge is 0.513 e. The first-order valence-corrected chi connectivity index (χ1v) is 7.92. The summed E-state index contributed by atoms with van der Waals surface area (Å²) >= 11 is 0. The summed E-state index contributed by atoms with van der Waals surface area (Å²) < 4.78 is 32.4. The van der Waals surface area contributed by atoms with Gasteiger partial charge in [0.1, 0.15) is 30.7 Å². The Balaban J connectivity index is 1.53. The van der Waals surface area contributed by atoms with Crippen molar-refractivity contribution in [3.8, 4) is 5.75 Å². The average molecular weight is 369 g/mol. The molecule has 10 heteroatoms. The number of methoxy groups -OCH3 is 1. The summed E-state index contributed by atoms with van der Waals surface area (Å²) in [6.45, 7) is 3.43. The molecule has 2 heterocycles. The fraction of sp³-hybridized carbons (Fsp3) is 0.562. The Morgan fingerprint density at radius 1 is 1.23 bits per heavy atom. The van der Waals surface area contributed by atoms with Gasteiger partial charge in [-0.05, 0) is 26.0 Å². The molecule has 142 valence electrons. The second-order valence-corrected chi connectivity index (χ2v) is 6.26. The Bertz CT molecular complexity index is 675. The third kappa shape index (κ3) is 3.93. The second-order valence-electron chi connectivity index (χ2n) is 6.26. The molecule has 1 unspecified atom stereocenters. The molecule has 4 atom stereocenters. The standard InChI is InChI=1S/C16H19NO9/c1-16(2)25-12-11(24-14(21-3)13(12)26-16)8-22-15(18)23-10-6-4-9(5-7-10)17(19)20/h4-7,11-14H,8H2,1-3H3/t11?,12-,13-,14-/m1/s1. The van der Waals surface area contributed by atoms with Crippen molar-refractivity contribution in [3.05, 3.63) is 34.4 Å². The predicted octanol–water partition coefficient (Wildman–Crippen LogP) is 2.00. The maximum absolute atomic E-state index is 11.8. The average Bonchev–Trinajstić information content (AvgIpc) is 3.06. The topological polar surface area (TPSA) is 116 Å². The minimum Gasteiger partial charge on any atom is -0.431 e. The molecule has 3 rings (SSSR count). The summed E-state index contributed by atoms with van der Waals surface area (Å²) in [6, 6.07) is 5.06. The molecule has 2 aliphatic heterocycles. The van der Waals surface area contributed by atoms with Gasteiger partial charge < -0.3 is 28.4 Å². The number of carbonyl (C=O) groups excluding carboxylic acids is 1. The van der Waals surface area contributed by atoms with Gasteiger partial charge in [0.15, 0.2) is 12.1 Å². The van der Waals surface area contributed by atoms with E-state index in [1.807, 2.05) is 0 Å². The number of nitrogens with zero attached hydrogens (tertiary/aromatic N) is 1. The Morgan fingerprint density at radius 2 is 1.88 bits per heavy atom. The van der Waals surface area contributed by atoms with Gasteiger partial charge in [0.2, 0.25) is 0 Å². The minimum atomic E-state index is -0.960. The van der Waals surface area contributed by atoms with E-state index in [-0.39, 0.29) is 18.0 Å². The summed E-state index contributed by atoms with van der Waals surface area (Å²) in [5.41, 5.74) is -0.109. The molecular weight excluding hydrogens is 350 g/mol. The van der Waals surface area contributed by atoms with Crippen LogP contribution in [0.5, 0.6) is 5.75 Å². The van der Waals surface area contributed by atoms with E-state index in [1.165, 1.54) is 31.4 Å². The number of non-ortho nitro benzene ring substituents is 1. The first-order valence-electron chi connectivity index (χ1n) is 7.92. The molecule has 0 bridgehead atoms. The van der Waals surface area contributed by atoms with Gasteiger partial charge in [0, 0.05) is 19.2 Å². The predicted molar refractivity (Wildman–Crippen MR) is 84.6 cm³/mol. The van der Waals surface area contributed by atoms with Gasteiger partial charge in [-0.15, -0.1) is 0 Å². The number of rotatable bonds is 5. The fourth-order valence-electron chi connectivity index (χ4n) is 2.88. The molecule has 2 aliphatic rings. The van der Waals surface area contributed by atoms with Crippen molar-refractivity contribution in [1.82, 2.24) is 0 Å². The van der Waals surface area contributed by atoms with Crippen LogP contribution in [0.15, 0.2) is 24.3 Å². The quantitative estimate of drug-likeness (QED) is 0.332. The van der Waals surface area contributed by atoms with E-state index in [0.29, 0.717) is 0 Å². The number of ether oxygens (including phenoxy) is 6. The van der Waals surface area contributed by atoms with Gasteiger partial charge >= 0.3 is 6.16 Å². The molecule has 0 aromatic heterocycles. The highest BCUT2D eigenvalue weighted by atomic mass is 16.8. The van der Waals surface area contributed by atoms with Gasteiger partial charge in [0.25, 0.3) is 5.69 Å². The van der Waals surface area contributed by atoms with E-state index in [0.717, 1.165) is 0 Å². The lowest BCUT2D eigenvalue weighted by atomic mass is 10.1. The highest BCUT2D eigenvalue weighted by Crippen LogP contribution is 2.38. The van der Waals surface area contributed by atoms with Crippen LogP contribution in [0.25, 0.3) is 0 Å². The van der Waals surface area contributed by atoms with Crippen LogP contribution in [0.3, 0.4) is 0 Å². The highest BCUT2D eigenvalue weighted by Gasteiger charge is 2.55. The zero-order valence-corrected chi connectivity index (χ0v) is 14.4. The second kappa shape index (κ2) is 7.16. The lowest BCUT2D eigenvalue weighted by molar-refractivity contribution is -0.384. The first-order chi connectivity index (χ1) is 12.3. The maximum atomic E-state index is 11.8. The normalized spacial score (nSPS) is 29.2. The van der Waals surface area contributed by atoms with E-state index in [2.05, 4.69) is 0 Å². The molecule has 0 radical (unpaired) electrons. The number of fused-ring (bicyclic) bond motifs is 1. The van der Waals surface area contributed by atoms with Crippen LogP contribution in [-0.2, 0) is 23.7 Å². The number of carbonyl (C=O) groups is 1. The molecule has 2 saturated heterocycles. The Morgan fingerprint density at radius 3 is 2.50 bits per heavy atom. The SMILES string of the molecule is CO[C@@H]1OC(COC(=O)Oc2ccc([N+](=O)[O-])cc2)[C@H]2OC(C)(C)O[C@@H]12. The van der Waals surface area contributed by atoms with Crippen molar-refractivity contribution in [2.24, 2.45) is 0 Å². The monoisotopic (exact) mass is 369 g/mol. The van der Waals surface area contributed by atoms with E-state index in [9.17, 15) is 14.9 Å². The van der Waals surface area contributed by atoms with Gasteiger partial charge in [-0.2, -0.15) is 0 Å². The van der Waals surface area contributed by atoms with Crippen molar-refractivity contribution in [3.63, 3.8) is 0 Å². The van der Waals surface area contributed by atoms with Crippen LogP contribution in [0.4, 0.5) is 10.5 Å². The third-order valence-corrected chi connectivity index (χ3v) is 3.95. The van der Waals surface area contributed by atoms with Gasteiger partial charge in [-0.3, -0.25) is 10.1 Å². The minimum absolute atomic E-state index is 0.109. The van der Waals surface area contributed by atoms with E-state index in [4.69, 9.17) is 28.4 Å². The number of nitro benzene ring substituents is 1. The lowest BCUT2D eigenvalue weighted by Crippen LogP contribution is -2.34. The van der Waals surface area contributed by atoms with Crippen LogP contribution in [0, 0.1) is 10.1 Å². The Hall–Kier alpha value is -2.27. The summed E-state index contributed by atoms with van der Waals surface area (Å²) in [5, 5.41) is 10.6. The van der Waals surface area contributed by atoms with Crippen LogP contribution in [0.1, 0.15) is 13.8 Å². The van der Waals surface area contributed by atoms with Crippen molar-refractivity contribution in [2.75, 3.05) is 13.7 Å². The van der Waals surface area contributed by atoms with Crippen LogP contribution >= 0.6 is 0 Å². The van der Waals surface area contributed by atoms with E-state index >= 15 is 0 Å². The summed E-state index contributed by atoms with van der Waals surface area (Å²) in [5.74, 6) is -0.657. The summed E-state index contributed by atoms with van der Waals surface area (Å²) in [6.07, 6.45) is -3.02. The van der Waals surface area contributed by atoms with Gasteiger partial charge in [-0.1, -0.05) is 0 Å². The van der Waals surface area contributed by atoms with E-state index < -0.39 is 41.5 Å². The van der Waals surface area contributed by atoms with Crippen LogP contribution in [0.2, 0.25) is 0 Å². The molecule has 0 spiro atoms. The number of hydrogen-bond acceptors (Lipinski definition) is 9. The van der Waals surface area contributed by atoms with Crippen molar-refractivity contribution in [1.29, 1.82) is 0 Å². The number of hydrogen-bond donors (Lipinski definition) is 0. The summed E-state index contributed by atoms with van der Waals surface area (Å²) in [4.78, 5) is 21.9. The maximum Gasteiger partial charge on any atom is 0.513 e. The molecule has 1 aromatic rings. The van der Waals surface area contributed by atoms with Crippen molar-refractivity contribution < 1.29 is 38.1 Å². The highest BCUT2D eigenvalue weighted by molar-refractivity contribution is 5.64. The molecule has 0 saturated carbocycles. The molecule has 10 nitrogen and oxygen atoms in total. The zero-order valence-electron chi connectivity index (χ0n) is 14.4. The number of benzene rings is 1. The fourth-order valence-corrected chi connectivity index (χ4v) is 2.88. The van der Waals surface area contributed by atoms with Gasteiger partial charge in [0.05, 0.1) is 4.92 Å². The van der Waals surface area contributed by atoms with Crippen molar-refractivity contribution >= 4 is 11.8 Å². The Labute approximate surface area is 149 Å².